The summed E-state index contributed by atoms with van der Waals surface area (Å²) in [5, 5.41) is 3.03. The molecule has 1 amide bonds. The Bertz CT molecular complexity index is 539. The molecule has 1 saturated heterocycles. The number of amides is 1. The number of hydrogen-bond donors (Lipinski definition) is 1. The lowest BCUT2D eigenvalue weighted by atomic mass is 9.93. The zero-order valence-corrected chi connectivity index (χ0v) is 13.1. The number of anilines is 2. The number of carbonyl (C=O) groups is 1. The highest BCUT2D eigenvalue weighted by atomic mass is 16.5. The highest BCUT2D eigenvalue weighted by Crippen LogP contribution is 2.24. The number of carbonyl (C=O) groups excluding carboxylic acids is 1. The molecule has 0 aromatic heterocycles. The normalized spacial score (nSPS) is 24.5. The van der Waals surface area contributed by atoms with Crippen molar-refractivity contribution in [3.8, 4) is 0 Å². The van der Waals surface area contributed by atoms with E-state index >= 15 is 0 Å². The number of ether oxygens (including phenoxy) is 1. The van der Waals surface area contributed by atoms with Gasteiger partial charge in [-0.05, 0) is 49.9 Å². The van der Waals surface area contributed by atoms with E-state index in [9.17, 15) is 4.79 Å². The standard InChI is InChI=1S/C18H24N2O2/c1-22-17-11-12-20(13-17)16-9-7-15(8-10-16)19-18(21)14-5-3-2-4-6-14/h2-3,7-10,14,17H,4-6,11-13H2,1H3,(H,19,21)/t14-,17+/m1/s1. The van der Waals surface area contributed by atoms with Crippen molar-refractivity contribution < 1.29 is 9.53 Å². The van der Waals surface area contributed by atoms with E-state index in [0.29, 0.717) is 6.10 Å². The van der Waals surface area contributed by atoms with E-state index in [1.165, 1.54) is 5.69 Å². The van der Waals surface area contributed by atoms with Crippen LogP contribution in [0.2, 0.25) is 0 Å². The molecule has 0 unspecified atom stereocenters. The molecule has 0 saturated carbocycles. The van der Waals surface area contributed by atoms with Crippen LogP contribution in [0.3, 0.4) is 0 Å². The number of methoxy groups -OCH3 is 1. The summed E-state index contributed by atoms with van der Waals surface area (Å²) in [6.45, 7) is 1.97. The molecule has 1 aliphatic heterocycles. The van der Waals surface area contributed by atoms with Crippen molar-refractivity contribution >= 4 is 17.3 Å². The predicted molar refractivity (Wildman–Crippen MR) is 89.2 cm³/mol. The smallest absolute Gasteiger partial charge is 0.227 e. The van der Waals surface area contributed by atoms with Gasteiger partial charge in [-0.3, -0.25) is 4.79 Å². The molecule has 1 fully saturated rings. The Morgan fingerprint density at radius 2 is 2.05 bits per heavy atom. The van der Waals surface area contributed by atoms with Gasteiger partial charge in [0.15, 0.2) is 0 Å². The third kappa shape index (κ3) is 3.50. The van der Waals surface area contributed by atoms with Gasteiger partial charge in [-0.25, -0.2) is 0 Å². The summed E-state index contributed by atoms with van der Waals surface area (Å²) in [6.07, 6.45) is 8.48. The van der Waals surface area contributed by atoms with Crippen LogP contribution in [0.1, 0.15) is 25.7 Å². The number of nitrogens with one attached hydrogen (secondary N) is 1. The van der Waals surface area contributed by atoms with E-state index in [4.69, 9.17) is 4.74 Å². The second kappa shape index (κ2) is 6.97. The first-order chi connectivity index (χ1) is 10.8. The lowest BCUT2D eigenvalue weighted by Crippen LogP contribution is -2.24. The third-order valence-corrected chi connectivity index (χ3v) is 4.62. The number of rotatable bonds is 4. The van der Waals surface area contributed by atoms with Crippen molar-refractivity contribution in [2.45, 2.75) is 31.8 Å². The Morgan fingerprint density at radius 3 is 2.68 bits per heavy atom. The molecule has 1 aliphatic carbocycles. The van der Waals surface area contributed by atoms with Gasteiger partial charge in [-0.15, -0.1) is 0 Å². The third-order valence-electron chi connectivity index (χ3n) is 4.62. The Kier molecular flexibility index (Phi) is 4.78. The zero-order chi connectivity index (χ0) is 15.4. The fourth-order valence-electron chi connectivity index (χ4n) is 3.19. The van der Waals surface area contributed by atoms with Crippen LogP contribution in [-0.4, -0.2) is 32.2 Å². The van der Waals surface area contributed by atoms with E-state index in [1.807, 2.05) is 12.1 Å². The molecule has 2 aliphatic rings. The van der Waals surface area contributed by atoms with Gasteiger partial charge in [0.25, 0.3) is 0 Å². The maximum Gasteiger partial charge on any atom is 0.227 e. The second-order valence-corrected chi connectivity index (χ2v) is 6.11. The van der Waals surface area contributed by atoms with Crippen molar-refractivity contribution in [3.05, 3.63) is 36.4 Å². The summed E-state index contributed by atoms with van der Waals surface area (Å²) in [5.41, 5.74) is 2.07. The van der Waals surface area contributed by atoms with Gasteiger partial charge in [0.05, 0.1) is 6.10 Å². The maximum absolute atomic E-state index is 12.2. The zero-order valence-electron chi connectivity index (χ0n) is 13.1. The lowest BCUT2D eigenvalue weighted by molar-refractivity contribution is -0.120. The summed E-state index contributed by atoms with van der Waals surface area (Å²) >= 11 is 0. The summed E-state index contributed by atoms with van der Waals surface area (Å²) in [6, 6.07) is 8.14. The van der Waals surface area contributed by atoms with Crippen LogP contribution in [0.4, 0.5) is 11.4 Å². The van der Waals surface area contributed by atoms with Crippen LogP contribution in [0.15, 0.2) is 36.4 Å². The van der Waals surface area contributed by atoms with Crippen molar-refractivity contribution in [2.24, 2.45) is 5.92 Å². The number of allylic oxidation sites excluding steroid dienone is 2. The molecule has 1 N–H and O–H groups in total. The average molecular weight is 300 g/mol. The summed E-state index contributed by atoms with van der Waals surface area (Å²) in [4.78, 5) is 14.5. The fourth-order valence-corrected chi connectivity index (χ4v) is 3.19. The van der Waals surface area contributed by atoms with E-state index in [2.05, 4.69) is 34.5 Å². The molecule has 22 heavy (non-hydrogen) atoms. The summed E-state index contributed by atoms with van der Waals surface area (Å²) in [7, 11) is 1.77. The molecule has 0 spiro atoms. The maximum atomic E-state index is 12.2. The number of nitrogens with zero attached hydrogens (tertiary/aromatic N) is 1. The summed E-state index contributed by atoms with van der Waals surface area (Å²) < 4.78 is 5.40. The molecule has 3 rings (SSSR count). The van der Waals surface area contributed by atoms with Crippen molar-refractivity contribution in [1.29, 1.82) is 0 Å². The average Bonchev–Trinajstić information content (AvgIpc) is 3.05. The minimum absolute atomic E-state index is 0.116. The largest absolute Gasteiger partial charge is 0.380 e. The molecule has 4 nitrogen and oxygen atoms in total. The minimum atomic E-state index is 0.116. The Hall–Kier alpha value is -1.81. The monoisotopic (exact) mass is 300 g/mol. The Balaban J connectivity index is 1.57. The summed E-state index contributed by atoms with van der Waals surface area (Å²) in [5.74, 6) is 0.253. The van der Waals surface area contributed by atoms with Gasteiger partial charge in [-0.2, -0.15) is 0 Å². The first-order valence-electron chi connectivity index (χ1n) is 8.10. The number of hydrogen-bond acceptors (Lipinski definition) is 3. The van der Waals surface area contributed by atoms with Gasteiger partial charge in [0.2, 0.25) is 5.91 Å². The van der Waals surface area contributed by atoms with Crippen LogP contribution in [0.5, 0.6) is 0 Å². The molecule has 2 atom stereocenters. The first kappa shape index (κ1) is 15.1. The van der Waals surface area contributed by atoms with Gasteiger partial charge in [-0.1, -0.05) is 12.2 Å². The van der Waals surface area contributed by atoms with Crippen LogP contribution in [0.25, 0.3) is 0 Å². The molecule has 1 aromatic rings. The van der Waals surface area contributed by atoms with Gasteiger partial charge in [0, 0.05) is 37.5 Å². The van der Waals surface area contributed by atoms with Crippen molar-refractivity contribution in [2.75, 3.05) is 30.4 Å². The first-order valence-corrected chi connectivity index (χ1v) is 8.10. The van der Waals surface area contributed by atoms with E-state index in [0.717, 1.165) is 44.5 Å². The van der Waals surface area contributed by atoms with E-state index < -0.39 is 0 Å². The van der Waals surface area contributed by atoms with Crippen LogP contribution in [0, 0.1) is 5.92 Å². The van der Waals surface area contributed by atoms with Crippen molar-refractivity contribution in [3.63, 3.8) is 0 Å². The molecule has 1 heterocycles. The SMILES string of the molecule is CO[C@H]1CCN(c2ccc(NC(=O)[C@@H]3CC=CCC3)cc2)C1. The second-order valence-electron chi connectivity index (χ2n) is 6.11. The molecule has 1 aromatic carbocycles. The topological polar surface area (TPSA) is 41.6 Å². The molecular weight excluding hydrogens is 276 g/mol. The molecule has 118 valence electrons. The quantitative estimate of drug-likeness (QED) is 0.868. The van der Waals surface area contributed by atoms with E-state index in [1.54, 1.807) is 7.11 Å². The van der Waals surface area contributed by atoms with Gasteiger partial charge in [0.1, 0.15) is 0 Å². The molecular formula is C18H24N2O2. The lowest BCUT2D eigenvalue weighted by Gasteiger charge is -2.20. The van der Waals surface area contributed by atoms with Crippen LogP contribution < -0.4 is 10.2 Å². The van der Waals surface area contributed by atoms with Crippen LogP contribution >= 0.6 is 0 Å². The molecule has 4 heteroatoms. The fraction of sp³-hybridized carbons (Fsp3) is 0.500. The Morgan fingerprint density at radius 1 is 1.23 bits per heavy atom. The van der Waals surface area contributed by atoms with Crippen molar-refractivity contribution in [1.82, 2.24) is 0 Å². The molecule has 0 bridgehead atoms. The molecule has 0 radical (unpaired) electrons. The highest BCUT2D eigenvalue weighted by Gasteiger charge is 2.22. The predicted octanol–water partition coefficient (Wildman–Crippen LogP) is 3.21. The Labute approximate surface area is 132 Å². The van der Waals surface area contributed by atoms with Gasteiger partial charge >= 0.3 is 0 Å². The minimum Gasteiger partial charge on any atom is -0.380 e. The van der Waals surface area contributed by atoms with Gasteiger partial charge < -0.3 is 15.0 Å². The highest BCUT2D eigenvalue weighted by molar-refractivity contribution is 5.92. The van der Waals surface area contributed by atoms with Crippen LogP contribution in [-0.2, 0) is 9.53 Å². The van der Waals surface area contributed by atoms with E-state index in [-0.39, 0.29) is 11.8 Å². The number of benzene rings is 1.